The maximum atomic E-state index is 12.5. The molecule has 1 unspecified atom stereocenters. The van der Waals surface area contributed by atoms with Gasteiger partial charge in [-0.15, -0.1) is 11.3 Å². The van der Waals surface area contributed by atoms with Crippen molar-refractivity contribution in [2.75, 3.05) is 19.6 Å². The van der Waals surface area contributed by atoms with E-state index in [1.807, 2.05) is 35.5 Å². The Labute approximate surface area is 164 Å². The fourth-order valence-electron chi connectivity index (χ4n) is 3.31. The lowest BCUT2D eigenvalue weighted by molar-refractivity contribution is -0.138. The van der Waals surface area contributed by atoms with Gasteiger partial charge < -0.3 is 10.2 Å². The standard InChI is InChI=1S/C20H26N4O2S/c1-15-18(27-14-23-15)6-4-11-22-20(26)16-7-8-19(25)24(13-16)12-9-17-5-2-3-10-21-17/h2-3,5,10,14,16H,4,6-9,11-13H2,1H3,(H,22,26). The maximum Gasteiger partial charge on any atom is 0.224 e. The van der Waals surface area contributed by atoms with Gasteiger partial charge in [0, 0.05) is 49.2 Å². The van der Waals surface area contributed by atoms with E-state index in [1.54, 1.807) is 17.5 Å². The number of nitrogens with zero attached hydrogens (tertiary/aromatic N) is 3. The van der Waals surface area contributed by atoms with E-state index < -0.39 is 0 Å². The van der Waals surface area contributed by atoms with Crippen molar-refractivity contribution in [2.24, 2.45) is 5.92 Å². The average molecular weight is 387 g/mol. The summed E-state index contributed by atoms with van der Waals surface area (Å²) in [5.74, 6) is 0.0820. The number of carbonyl (C=O) groups excluding carboxylic acids is 2. The molecule has 2 aromatic rings. The van der Waals surface area contributed by atoms with Crippen molar-refractivity contribution < 1.29 is 9.59 Å². The molecular formula is C20H26N4O2S. The SMILES string of the molecule is Cc1ncsc1CCCNC(=O)C1CCC(=O)N(CCc2ccccn2)C1. The molecule has 2 amide bonds. The quantitative estimate of drug-likeness (QED) is 0.707. The molecule has 1 atom stereocenters. The van der Waals surface area contributed by atoms with Crippen LogP contribution in [-0.4, -0.2) is 46.3 Å². The van der Waals surface area contributed by atoms with Gasteiger partial charge in [-0.25, -0.2) is 4.98 Å². The number of piperidine rings is 1. The Bertz CT molecular complexity index is 762. The Morgan fingerprint density at radius 3 is 2.96 bits per heavy atom. The minimum atomic E-state index is -0.114. The number of rotatable bonds is 8. The average Bonchev–Trinajstić information content (AvgIpc) is 3.10. The number of amides is 2. The molecule has 0 spiro atoms. The van der Waals surface area contributed by atoms with Gasteiger partial charge in [0.25, 0.3) is 0 Å². The summed E-state index contributed by atoms with van der Waals surface area (Å²) in [6, 6.07) is 5.79. The Morgan fingerprint density at radius 2 is 2.22 bits per heavy atom. The van der Waals surface area contributed by atoms with Crippen LogP contribution in [0.3, 0.4) is 0 Å². The molecule has 1 aliphatic heterocycles. The van der Waals surface area contributed by atoms with Gasteiger partial charge in [0.05, 0.1) is 17.1 Å². The molecule has 0 radical (unpaired) electrons. The normalized spacial score (nSPS) is 17.1. The Morgan fingerprint density at radius 1 is 1.33 bits per heavy atom. The van der Waals surface area contributed by atoms with Gasteiger partial charge in [-0.1, -0.05) is 6.07 Å². The monoisotopic (exact) mass is 386 g/mol. The van der Waals surface area contributed by atoms with E-state index in [1.165, 1.54) is 4.88 Å². The zero-order valence-electron chi connectivity index (χ0n) is 15.7. The number of hydrogen-bond donors (Lipinski definition) is 1. The molecule has 1 N–H and O–H groups in total. The Kier molecular flexibility index (Phi) is 6.92. The summed E-state index contributed by atoms with van der Waals surface area (Å²) >= 11 is 1.67. The first-order valence-electron chi connectivity index (χ1n) is 9.48. The topological polar surface area (TPSA) is 75.2 Å². The van der Waals surface area contributed by atoms with E-state index in [4.69, 9.17) is 0 Å². The van der Waals surface area contributed by atoms with Crippen molar-refractivity contribution >= 4 is 23.2 Å². The molecule has 6 nitrogen and oxygen atoms in total. The molecule has 0 bridgehead atoms. The number of aryl methyl sites for hydroxylation is 2. The van der Waals surface area contributed by atoms with Crippen LogP contribution in [0.4, 0.5) is 0 Å². The molecule has 3 rings (SSSR count). The number of likely N-dealkylation sites (tertiary alicyclic amines) is 1. The van der Waals surface area contributed by atoms with Crippen LogP contribution in [0.15, 0.2) is 29.9 Å². The van der Waals surface area contributed by atoms with E-state index in [2.05, 4.69) is 15.3 Å². The number of nitrogens with one attached hydrogen (secondary N) is 1. The first kappa shape index (κ1) is 19.5. The molecule has 1 fully saturated rings. The van der Waals surface area contributed by atoms with E-state index in [-0.39, 0.29) is 17.7 Å². The fraction of sp³-hybridized carbons (Fsp3) is 0.500. The Hall–Kier alpha value is -2.28. The van der Waals surface area contributed by atoms with Crippen LogP contribution in [0, 0.1) is 12.8 Å². The van der Waals surface area contributed by atoms with Gasteiger partial charge in [0.1, 0.15) is 0 Å². The lowest BCUT2D eigenvalue weighted by atomic mass is 9.96. The molecule has 7 heteroatoms. The highest BCUT2D eigenvalue weighted by Crippen LogP contribution is 2.18. The van der Waals surface area contributed by atoms with Crippen molar-refractivity contribution in [1.82, 2.24) is 20.2 Å². The molecular weight excluding hydrogens is 360 g/mol. The van der Waals surface area contributed by atoms with E-state index in [9.17, 15) is 9.59 Å². The van der Waals surface area contributed by atoms with Crippen LogP contribution in [-0.2, 0) is 22.4 Å². The third-order valence-corrected chi connectivity index (χ3v) is 5.95. The lowest BCUT2D eigenvalue weighted by Gasteiger charge is -2.32. The van der Waals surface area contributed by atoms with E-state index in [0.29, 0.717) is 32.5 Å². The summed E-state index contributed by atoms with van der Waals surface area (Å²) < 4.78 is 0. The highest BCUT2D eigenvalue weighted by atomic mass is 32.1. The smallest absolute Gasteiger partial charge is 0.224 e. The number of carbonyl (C=O) groups is 2. The first-order valence-corrected chi connectivity index (χ1v) is 10.4. The van der Waals surface area contributed by atoms with Crippen molar-refractivity contribution in [3.05, 3.63) is 46.2 Å². The van der Waals surface area contributed by atoms with Gasteiger partial charge in [-0.2, -0.15) is 0 Å². The molecule has 2 aromatic heterocycles. The minimum Gasteiger partial charge on any atom is -0.356 e. The number of thiazole rings is 1. The molecule has 144 valence electrons. The third kappa shape index (κ3) is 5.60. The largest absolute Gasteiger partial charge is 0.356 e. The predicted molar refractivity (Wildman–Crippen MR) is 105 cm³/mol. The highest BCUT2D eigenvalue weighted by Gasteiger charge is 2.29. The van der Waals surface area contributed by atoms with Crippen LogP contribution in [0.2, 0.25) is 0 Å². The predicted octanol–water partition coefficient (Wildman–Crippen LogP) is 2.38. The number of hydrogen-bond acceptors (Lipinski definition) is 5. The summed E-state index contributed by atoms with van der Waals surface area (Å²) in [4.78, 5) is 36.3. The highest BCUT2D eigenvalue weighted by molar-refractivity contribution is 7.09. The minimum absolute atomic E-state index is 0.0614. The van der Waals surface area contributed by atoms with Crippen molar-refractivity contribution in [3.63, 3.8) is 0 Å². The van der Waals surface area contributed by atoms with Crippen LogP contribution in [0.5, 0.6) is 0 Å². The van der Waals surface area contributed by atoms with Gasteiger partial charge in [0.2, 0.25) is 11.8 Å². The fourth-order valence-corrected chi connectivity index (χ4v) is 4.13. The molecule has 27 heavy (non-hydrogen) atoms. The molecule has 3 heterocycles. The first-order chi connectivity index (χ1) is 13.1. The van der Waals surface area contributed by atoms with Crippen LogP contribution in [0.25, 0.3) is 0 Å². The van der Waals surface area contributed by atoms with Crippen molar-refractivity contribution in [2.45, 2.75) is 39.0 Å². The molecule has 1 saturated heterocycles. The molecule has 0 saturated carbocycles. The van der Waals surface area contributed by atoms with Crippen LogP contribution >= 0.6 is 11.3 Å². The van der Waals surface area contributed by atoms with Gasteiger partial charge >= 0.3 is 0 Å². The maximum absolute atomic E-state index is 12.5. The van der Waals surface area contributed by atoms with Gasteiger partial charge in [0.15, 0.2) is 0 Å². The van der Waals surface area contributed by atoms with E-state index >= 15 is 0 Å². The third-order valence-electron chi connectivity index (χ3n) is 4.96. The summed E-state index contributed by atoms with van der Waals surface area (Å²) in [6.07, 6.45) is 5.41. The second-order valence-corrected chi connectivity index (χ2v) is 7.84. The van der Waals surface area contributed by atoms with Crippen LogP contribution in [0.1, 0.15) is 35.5 Å². The molecule has 0 aromatic carbocycles. The second kappa shape index (κ2) is 9.60. The lowest BCUT2D eigenvalue weighted by Crippen LogP contribution is -2.46. The summed E-state index contributed by atoms with van der Waals surface area (Å²) in [5, 5.41) is 3.04. The summed E-state index contributed by atoms with van der Waals surface area (Å²) in [5.41, 5.74) is 3.91. The van der Waals surface area contributed by atoms with Crippen LogP contribution < -0.4 is 5.32 Å². The zero-order valence-corrected chi connectivity index (χ0v) is 16.5. The Balaban J connectivity index is 1.41. The zero-order chi connectivity index (χ0) is 19.1. The van der Waals surface area contributed by atoms with Gasteiger partial charge in [-0.05, 0) is 38.3 Å². The summed E-state index contributed by atoms with van der Waals surface area (Å²) in [6.45, 7) is 3.80. The van der Waals surface area contributed by atoms with Crippen molar-refractivity contribution in [3.8, 4) is 0 Å². The number of pyridine rings is 1. The van der Waals surface area contributed by atoms with E-state index in [0.717, 1.165) is 30.7 Å². The second-order valence-electron chi connectivity index (χ2n) is 6.90. The van der Waals surface area contributed by atoms with Gasteiger partial charge in [-0.3, -0.25) is 14.6 Å². The molecule has 0 aliphatic carbocycles. The number of aromatic nitrogens is 2. The van der Waals surface area contributed by atoms with Crippen molar-refractivity contribution in [1.29, 1.82) is 0 Å². The molecule has 1 aliphatic rings. The summed E-state index contributed by atoms with van der Waals surface area (Å²) in [7, 11) is 0.